The van der Waals surface area contributed by atoms with Crippen molar-refractivity contribution < 1.29 is 28.5 Å². The van der Waals surface area contributed by atoms with Gasteiger partial charge in [0.05, 0.1) is 52.6 Å². The van der Waals surface area contributed by atoms with Crippen molar-refractivity contribution in [1.82, 2.24) is 21.3 Å². The summed E-state index contributed by atoms with van der Waals surface area (Å²) in [6.07, 6.45) is 2.07. The summed E-state index contributed by atoms with van der Waals surface area (Å²) in [5, 5.41) is 11.6. The van der Waals surface area contributed by atoms with Crippen molar-refractivity contribution in [3.05, 3.63) is 29.8 Å². The molecule has 0 aliphatic heterocycles. The van der Waals surface area contributed by atoms with Gasteiger partial charge in [-0.3, -0.25) is 4.79 Å². The normalized spacial score (nSPS) is 10.8. The molecule has 0 atom stereocenters. The number of ether oxygens (including phenoxy) is 4. The lowest BCUT2D eigenvalue weighted by molar-refractivity contribution is -0.120. The number of urea groups is 1. The summed E-state index contributed by atoms with van der Waals surface area (Å²) in [6, 6.07) is 7.79. The molecule has 10 nitrogen and oxygen atoms in total. The Labute approximate surface area is 260 Å². The zero-order valence-electron chi connectivity index (χ0n) is 25.5. The highest BCUT2D eigenvalue weighted by molar-refractivity contribution is 8.76. The van der Waals surface area contributed by atoms with Crippen LogP contribution in [-0.2, 0) is 30.2 Å². The van der Waals surface area contributed by atoms with Crippen LogP contribution in [0, 0.1) is 17.8 Å². The van der Waals surface area contributed by atoms with E-state index < -0.39 is 0 Å². The van der Waals surface area contributed by atoms with Crippen LogP contribution in [-0.4, -0.2) is 96.8 Å². The fourth-order valence-electron chi connectivity index (χ4n) is 3.19. The molecule has 42 heavy (non-hydrogen) atoms. The minimum absolute atomic E-state index is 0.0282. The summed E-state index contributed by atoms with van der Waals surface area (Å²) >= 11 is 0. The predicted octanol–water partition coefficient (Wildman–Crippen LogP) is 3.46. The van der Waals surface area contributed by atoms with Gasteiger partial charge in [0.15, 0.2) is 0 Å². The Balaban J connectivity index is 1.94. The largest absolute Gasteiger partial charge is 0.378 e. The van der Waals surface area contributed by atoms with Crippen molar-refractivity contribution in [3.63, 3.8) is 0 Å². The third-order valence-electron chi connectivity index (χ3n) is 5.29. The van der Waals surface area contributed by atoms with Crippen LogP contribution in [0.15, 0.2) is 29.2 Å². The zero-order chi connectivity index (χ0) is 30.5. The van der Waals surface area contributed by atoms with Gasteiger partial charge >= 0.3 is 6.03 Å². The molecule has 0 unspecified atom stereocenters. The van der Waals surface area contributed by atoms with E-state index in [4.69, 9.17) is 18.9 Å². The van der Waals surface area contributed by atoms with Crippen molar-refractivity contribution in [3.8, 4) is 11.8 Å². The van der Waals surface area contributed by atoms with Gasteiger partial charge in [0.25, 0.3) is 0 Å². The summed E-state index contributed by atoms with van der Waals surface area (Å²) in [5.74, 6) is 6.78. The van der Waals surface area contributed by atoms with Crippen LogP contribution < -0.4 is 21.3 Å². The number of carbonyl (C=O) groups excluding carboxylic acids is 2. The van der Waals surface area contributed by atoms with Gasteiger partial charge in [-0.15, -0.1) is 0 Å². The minimum atomic E-state index is -0.191. The molecule has 1 aromatic rings. The standard InChI is InChI=1S/C30H50N4O6S2/c1-4-31-15-18-37-20-22-39-23-21-38-19-16-32-29(35)24-27-9-11-28(12-10-27)42-41-25-40-17-6-5-13-33-30(36)34-14-7-8-26(2)3/h9-12,26,31H,4-6,13-25H2,1-3H3,(H,32,35)(H2,33,34,36). The maximum absolute atomic E-state index is 12.2. The van der Waals surface area contributed by atoms with Crippen LogP contribution in [0.4, 0.5) is 4.79 Å². The fourth-order valence-corrected chi connectivity index (χ4v) is 4.90. The third kappa shape index (κ3) is 24.6. The van der Waals surface area contributed by atoms with Crippen molar-refractivity contribution in [2.75, 3.05) is 84.9 Å². The number of carbonyl (C=O) groups is 2. The number of likely N-dealkylation sites (N-methyl/N-ethyl adjacent to an activating group) is 1. The van der Waals surface area contributed by atoms with Crippen LogP contribution >= 0.6 is 21.6 Å². The van der Waals surface area contributed by atoms with Crippen molar-refractivity contribution in [2.24, 2.45) is 5.92 Å². The first-order chi connectivity index (χ1) is 20.5. The van der Waals surface area contributed by atoms with Crippen molar-refractivity contribution in [2.45, 2.75) is 44.9 Å². The second-order valence-electron chi connectivity index (χ2n) is 9.38. The fraction of sp³-hybridized carbons (Fsp3) is 0.667. The molecule has 238 valence electrons. The Kier molecular flexibility index (Phi) is 25.2. The molecule has 0 aliphatic rings. The van der Waals surface area contributed by atoms with E-state index in [0.717, 1.165) is 36.4 Å². The Morgan fingerprint density at radius 2 is 1.50 bits per heavy atom. The highest BCUT2D eigenvalue weighted by Crippen LogP contribution is 2.31. The molecular weight excluding hydrogens is 576 g/mol. The molecule has 0 radical (unpaired) electrons. The second-order valence-corrected chi connectivity index (χ2v) is 11.7. The van der Waals surface area contributed by atoms with Crippen molar-refractivity contribution >= 4 is 33.5 Å². The lowest BCUT2D eigenvalue weighted by atomic mass is 10.1. The van der Waals surface area contributed by atoms with Gasteiger partial charge in [-0.05, 0) is 37.1 Å². The Morgan fingerprint density at radius 3 is 2.19 bits per heavy atom. The van der Waals surface area contributed by atoms with Crippen LogP contribution in [0.3, 0.4) is 0 Å². The molecule has 1 rings (SSSR count). The molecule has 0 aliphatic carbocycles. The van der Waals surface area contributed by atoms with Crippen LogP contribution in [0.2, 0.25) is 0 Å². The molecule has 3 amide bonds. The Hall–Kier alpha value is -1.98. The second kappa shape index (κ2) is 27.8. The van der Waals surface area contributed by atoms with E-state index in [-0.39, 0.29) is 11.9 Å². The van der Waals surface area contributed by atoms with E-state index in [9.17, 15) is 9.59 Å². The van der Waals surface area contributed by atoms with Crippen LogP contribution in [0.5, 0.6) is 0 Å². The minimum Gasteiger partial charge on any atom is -0.378 e. The molecule has 0 fully saturated rings. The number of unbranched alkanes of at least 4 members (excludes halogenated alkanes) is 1. The molecular formula is C30H50N4O6S2. The highest BCUT2D eigenvalue weighted by atomic mass is 33.1. The summed E-state index contributed by atoms with van der Waals surface area (Å²) in [4.78, 5) is 24.9. The van der Waals surface area contributed by atoms with E-state index in [1.54, 1.807) is 21.6 Å². The monoisotopic (exact) mass is 626 g/mol. The molecule has 0 heterocycles. The van der Waals surface area contributed by atoms with Gasteiger partial charge in [0, 0.05) is 37.1 Å². The van der Waals surface area contributed by atoms with E-state index in [2.05, 4.69) is 40.0 Å². The average molecular weight is 627 g/mol. The Bertz CT molecular complexity index is 881. The molecule has 12 heteroatoms. The third-order valence-corrected chi connectivity index (χ3v) is 7.35. The zero-order valence-corrected chi connectivity index (χ0v) is 27.1. The lowest BCUT2D eigenvalue weighted by Gasteiger charge is -2.08. The van der Waals surface area contributed by atoms with Crippen LogP contribution in [0.25, 0.3) is 0 Å². The van der Waals surface area contributed by atoms with Crippen LogP contribution in [0.1, 0.15) is 39.2 Å². The van der Waals surface area contributed by atoms with Gasteiger partial charge in [0.1, 0.15) is 5.94 Å². The predicted molar refractivity (Wildman–Crippen MR) is 172 cm³/mol. The van der Waals surface area contributed by atoms with E-state index >= 15 is 0 Å². The number of amides is 3. The first-order valence-corrected chi connectivity index (χ1v) is 17.0. The van der Waals surface area contributed by atoms with E-state index in [1.165, 1.54) is 0 Å². The first kappa shape index (κ1) is 38.0. The maximum atomic E-state index is 12.2. The molecule has 0 spiro atoms. The maximum Gasteiger partial charge on any atom is 0.315 e. The van der Waals surface area contributed by atoms with Gasteiger partial charge in [0.2, 0.25) is 5.91 Å². The molecule has 0 saturated heterocycles. The first-order valence-electron chi connectivity index (χ1n) is 14.7. The molecule has 0 aromatic heterocycles. The summed E-state index contributed by atoms with van der Waals surface area (Å²) in [5.41, 5.74) is 0.964. The topological polar surface area (TPSA) is 119 Å². The number of nitrogens with one attached hydrogen (secondary N) is 4. The smallest absolute Gasteiger partial charge is 0.315 e. The highest BCUT2D eigenvalue weighted by Gasteiger charge is 2.04. The van der Waals surface area contributed by atoms with Gasteiger partial charge < -0.3 is 40.2 Å². The lowest BCUT2D eigenvalue weighted by Crippen LogP contribution is -2.36. The summed E-state index contributed by atoms with van der Waals surface area (Å²) < 4.78 is 22.0. The van der Waals surface area contributed by atoms with E-state index in [0.29, 0.717) is 84.2 Å². The number of hydrogen-bond donors (Lipinski definition) is 4. The van der Waals surface area contributed by atoms with Gasteiger partial charge in [-0.25, -0.2) is 4.79 Å². The molecule has 0 bridgehead atoms. The Morgan fingerprint density at radius 1 is 0.810 bits per heavy atom. The van der Waals surface area contributed by atoms with Gasteiger partial charge in [-0.2, -0.15) is 0 Å². The van der Waals surface area contributed by atoms with E-state index in [1.807, 2.05) is 38.1 Å². The SMILES string of the molecule is CCNCCOCCOCCOCCNC(=O)Cc1ccc(SSCOCCCCNC(=O)NCC#CC(C)C)cc1. The van der Waals surface area contributed by atoms with Crippen molar-refractivity contribution in [1.29, 1.82) is 0 Å². The number of rotatable bonds is 25. The summed E-state index contributed by atoms with van der Waals surface area (Å²) in [7, 11) is 3.27. The average Bonchev–Trinajstić information content (AvgIpc) is 2.97. The molecule has 1 aromatic carbocycles. The quantitative estimate of drug-likeness (QED) is 0.0560. The molecule has 4 N–H and O–H groups in total. The number of benzene rings is 1. The van der Waals surface area contributed by atoms with Gasteiger partial charge in [-0.1, -0.05) is 66.3 Å². The summed E-state index contributed by atoms with van der Waals surface area (Å²) in [6.45, 7) is 13.2. The number of hydrogen-bond acceptors (Lipinski definition) is 9. The molecule has 0 saturated carbocycles.